The van der Waals surface area contributed by atoms with Gasteiger partial charge in [-0.3, -0.25) is 4.79 Å². The average Bonchev–Trinajstić information content (AvgIpc) is 3.54. The minimum atomic E-state index is -0.395. The van der Waals surface area contributed by atoms with Gasteiger partial charge in [0.05, 0.1) is 29.4 Å². The Labute approximate surface area is 194 Å². The number of nitrogens with zero attached hydrogens (tertiary/aromatic N) is 3. The molecule has 32 heavy (non-hydrogen) atoms. The minimum absolute atomic E-state index is 0.0941. The van der Waals surface area contributed by atoms with Crippen LogP contribution in [0.15, 0.2) is 58.3 Å². The Morgan fingerprint density at radius 2 is 2.00 bits per heavy atom. The molecule has 0 aliphatic carbocycles. The maximum atomic E-state index is 13.2. The zero-order valence-corrected chi connectivity index (χ0v) is 19.7. The van der Waals surface area contributed by atoms with E-state index in [2.05, 4.69) is 16.5 Å². The summed E-state index contributed by atoms with van der Waals surface area (Å²) in [7, 11) is 3.13. The number of hydrazone groups is 1. The van der Waals surface area contributed by atoms with Crippen molar-refractivity contribution in [3.8, 4) is 5.75 Å². The second kappa shape index (κ2) is 9.54. The summed E-state index contributed by atoms with van der Waals surface area (Å²) in [5.41, 5.74) is 2.58. The molecule has 0 saturated carbocycles. The van der Waals surface area contributed by atoms with Crippen LogP contribution in [0.2, 0.25) is 0 Å². The number of hydrogen-bond acceptors (Lipinski definition) is 6. The third kappa shape index (κ3) is 4.53. The molecular weight excluding hydrogens is 444 g/mol. The van der Waals surface area contributed by atoms with Crippen LogP contribution in [0.3, 0.4) is 0 Å². The van der Waals surface area contributed by atoms with E-state index in [-0.39, 0.29) is 18.5 Å². The van der Waals surface area contributed by atoms with Gasteiger partial charge in [0.15, 0.2) is 0 Å². The summed E-state index contributed by atoms with van der Waals surface area (Å²) in [5.74, 6) is 0.325. The van der Waals surface area contributed by atoms with Crippen molar-refractivity contribution in [2.75, 3.05) is 26.0 Å². The Kier molecular flexibility index (Phi) is 6.57. The van der Waals surface area contributed by atoms with Gasteiger partial charge in [0, 0.05) is 18.3 Å². The van der Waals surface area contributed by atoms with Gasteiger partial charge in [-0.1, -0.05) is 18.2 Å². The predicted molar refractivity (Wildman–Crippen MR) is 129 cm³/mol. The Morgan fingerprint density at radius 1 is 1.19 bits per heavy atom. The van der Waals surface area contributed by atoms with Crippen LogP contribution in [-0.4, -0.2) is 48.3 Å². The van der Waals surface area contributed by atoms with E-state index in [1.165, 1.54) is 4.90 Å². The number of anilines is 1. The first kappa shape index (κ1) is 22.0. The van der Waals surface area contributed by atoms with E-state index in [9.17, 15) is 9.59 Å². The van der Waals surface area contributed by atoms with Gasteiger partial charge in [-0.15, -0.1) is 22.7 Å². The van der Waals surface area contributed by atoms with Gasteiger partial charge in [-0.2, -0.15) is 5.10 Å². The first-order valence-electron chi connectivity index (χ1n) is 10.1. The first-order chi connectivity index (χ1) is 15.5. The molecule has 0 bridgehead atoms. The number of hydrogen-bond donors (Lipinski definition) is 1. The summed E-state index contributed by atoms with van der Waals surface area (Å²) in [5, 5.41) is 13.0. The summed E-state index contributed by atoms with van der Waals surface area (Å²) >= 11 is 3.24. The molecule has 3 amide bonds. The van der Waals surface area contributed by atoms with Crippen LogP contribution in [0.25, 0.3) is 0 Å². The normalized spacial score (nSPS) is 15.4. The topological polar surface area (TPSA) is 74.2 Å². The number of para-hydroxylation sites is 2. The number of benzene rings is 1. The number of amides is 3. The number of nitrogens with one attached hydrogen (secondary N) is 1. The van der Waals surface area contributed by atoms with Crippen molar-refractivity contribution in [3.05, 3.63) is 68.5 Å². The highest BCUT2D eigenvalue weighted by Gasteiger charge is 2.35. The van der Waals surface area contributed by atoms with Crippen LogP contribution in [0.4, 0.5) is 10.5 Å². The number of likely N-dealkylation sites (N-methyl/N-ethyl adjacent to an activating group) is 1. The van der Waals surface area contributed by atoms with Crippen molar-refractivity contribution >= 4 is 46.0 Å². The van der Waals surface area contributed by atoms with E-state index in [1.807, 2.05) is 41.9 Å². The second-order valence-electron chi connectivity index (χ2n) is 7.44. The fourth-order valence-corrected chi connectivity index (χ4v) is 5.30. The van der Waals surface area contributed by atoms with Crippen LogP contribution >= 0.6 is 22.7 Å². The molecule has 3 aromatic rings. The molecule has 1 aliphatic rings. The molecule has 0 unspecified atom stereocenters. The maximum absolute atomic E-state index is 13.2. The highest BCUT2D eigenvalue weighted by molar-refractivity contribution is 7.12. The zero-order chi connectivity index (χ0) is 22.7. The molecule has 0 spiro atoms. The number of aryl methyl sites for hydroxylation is 1. The molecular formula is C23H24N4O3S2. The van der Waals surface area contributed by atoms with Crippen molar-refractivity contribution in [2.45, 2.75) is 19.4 Å². The van der Waals surface area contributed by atoms with Crippen LogP contribution < -0.4 is 10.1 Å². The minimum Gasteiger partial charge on any atom is -0.495 e. The number of carbonyl (C=O) groups excluding carboxylic acids is 2. The lowest BCUT2D eigenvalue weighted by Gasteiger charge is -2.25. The van der Waals surface area contributed by atoms with E-state index in [4.69, 9.17) is 4.74 Å². The number of thiophene rings is 2. The van der Waals surface area contributed by atoms with Crippen molar-refractivity contribution in [3.63, 3.8) is 0 Å². The van der Waals surface area contributed by atoms with E-state index < -0.39 is 6.03 Å². The van der Waals surface area contributed by atoms with Crippen LogP contribution in [-0.2, 0) is 4.79 Å². The smallest absolute Gasteiger partial charge is 0.322 e. The number of urea groups is 1. The molecule has 4 rings (SSSR count). The van der Waals surface area contributed by atoms with Gasteiger partial charge in [0.25, 0.3) is 5.91 Å². The fraction of sp³-hybridized carbons (Fsp3) is 0.261. The standard InChI is InChI=1S/C23H24N4O3S2/c1-15-10-12-32-22(15)18-13-17(20-9-6-11-31-20)25-27(18)21(28)14-26(2)23(29)24-16-7-4-5-8-19(16)30-3/h4-12,18H,13-14H2,1-3H3,(H,24,29)/t18-/m0/s1. The van der Waals surface area contributed by atoms with Crippen molar-refractivity contribution in [1.29, 1.82) is 0 Å². The molecule has 0 saturated heterocycles. The molecule has 9 heteroatoms. The zero-order valence-electron chi connectivity index (χ0n) is 18.1. The third-order valence-corrected chi connectivity index (χ3v) is 7.28. The highest BCUT2D eigenvalue weighted by Crippen LogP contribution is 2.38. The summed E-state index contributed by atoms with van der Waals surface area (Å²) in [6.07, 6.45) is 0.657. The molecule has 1 atom stereocenters. The molecule has 1 aliphatic heterocycles. The van der Waals surface area contributed by atoms with E-state index in [0.717, 1.165) is 21.0 Å². The van der Waals surface area contributed by atoms with Crippen LogP contribution in [0.1, 0.15) is 27.8 Å². The molecule has 1 aromatic carbocycles. The molecule has 3 heterocycles. The number of rotatable bonds is 6. The second-order valence-corrected chi connectivity index (χ2v) is 9.33. The lowest BCUT2D eigenvalue weighted by atomic mass is 10.1. The number of carbonyl (C=O) groups is 2. The van der Waals surface area contributed by atoms with Gasteiger partial charge >= 0.3 is 6.03 Å². The first-order valence-corrected chi connectivity index (χ1v) is 11.9. The highest BCUT2D eigenvalue weighted by atomic mass is 32.1. The van der Waals surface area contributed by atoms with Gasteiger partial charge in [0.1, 0.15) is 12.3 Å². The SMILES string of the molecule is COc1ccccc1NC(=O)N(C)CC(=O)N1N=C(c2cccs2)C[C@H]1c1sccc1C. The van der Waals surface area contributed by atoms with E-state index in [1.54, 1.807) is 54.0 Å². The Hall–Kier alpha value is -3.17. The lowest BCUT2D eigenvalue weighted by Crippen LogP contribution is -2.41. The van der Waals surface area contributed by atoms with Crippen molar-refractivity contribution < 1.29 is 14.3 Å². The van der Waals surface area contributed by atoms with Gasteiger partial charge < -0.3 is 15.0 Å². The quantitative estimate of drug-likeness (QED) is 0.555. The molecule has 2 aromatic heterocycles. The Bertz CT molecular complexity index is 1140. The summed E-state index contributed by atoms with van der Waals surface area (Å²) in [6, 6.07) is 12.6. The Morgan fingerprint density at radius 3 is 2.69 bits per heavy atom. The molecule has 166 valence electrons. The van der Waals surface area contributed by atoms with Crippen molar-refractivity contribution in [2.24, 2.45) is 5.10 Å². The molecule has 0 fully saturated rings. The molecule has 0 radical (unpaired) electrons. The largest absolute Gasteiger partial charge is 0.495 e. The van der Waals surface area contributed by atoms with Gasteiger partial charge in [-0.25, -0.2) is 9.80 Å². The van der Waals surface area contributed by atoms with E-state index in [0.29, 0.717) is 17.9 Å². The number of methoxy groups -OCH3 is 1. The molecule has 1 N–H and O–H groups in total. The third-order valence-electron chi connectivity index (χ3n) is 5.24. The summed E-state index contributed by atoms with van der Waals surface area (Å²) < 4.78 is 5.28. The molecule has 7 nitrogen and oxygen atoms in total. The summed E-state index contributed by atoms with van der Waals surface area (Å²) in [6.45, 7) is 1.95. The number of ether oxygens (including phenoxy) is 1. The Balaban J connectivity index is 1.50. The predicted octanol–water partition coefficient (Wildman–Crippen LogP) is 4.97. The lowest BCUT2D eigenvalue weighted by molar-refractivity contribution is -0.133. The average molecular weight is 469 g/mol. The van der Waals surface area contributed by atoms with Gasteiger partial charge in [0.2, 0.25) is 0 Å². The van der Waals surface area contributed by atoms with E-state index >= 15 is 0 Å². The van der Waals surface area contributed by atoms with Crippen molar-refractivity contribution in [1.82, 2.24) is 9.91 Å². The maximum Gasteiger partial charge on any atom is 0.322 e. The van der Waals surface area contributed by atoms with Gasteiger partial charge in [-0.05, 0) is 47.5 Å². The van der Waals surface area contributed by atoms with Crippen LogP contribution in [0.5, 0.6) is 5.75 Å². The fourth-order valence-electron chi connectivity index (χ4n) is 3.57. The van der Waals surface area contributed by atoms with Crippen LogP contribution in [0, 0.1) is 6.92 Å². The monoisotopic (exact) mass is 468 g/mol. The summed E-state index contributed by atoms with van der Waals surface area (Å²) in [4.78, 5) is 29.5.